The lowest BCUT2D eigenvalue weighted by molar-refractivity contribution is 0.0587. The Kier molecular flexibility index (Phi) is 7.76. The number of methoxy groups -OCH3 is 1. The van der Waals surface area contributed by atoms with Crippen LogP contribution in [0.3, 0.4) is 0 Å². The summed E-state index contributed by atoms with van der Waals surface area (Å²) in [7, 11) is -2.67. The molecule has 33 heavy (non-hydrogen) atoms. The van der Waals surface area contributed by atoms with Crippen LogP contribution in [-0.4, -0.2) is 61.4 Å². The standard InChI is InChI=1S/C24H32N2O6S/c1-6-25-17(3)21(16(2)22(25)24(28)31-5)23(27)18(4)26(15-19-11-10-14-32-19)33(29,30)20-12-8-7-9-13-20/h7-9,12-13,18-19H,6,10-11,14-15H2,1-5H3. The Labute approximate surface area is 195 Å². The summed E-state index contributed by atoms with van der Waals surface area (Å²) in [6.45, 7) is 8.06. The van der Waals surface area contributed by atoms with Gasteiger partial charge in [-0.25, -0.2) is 13.2 Å². The second-order valence-corrected chi connectivity index (χ2v) is 10.1. The van der Waals surface area contributed by atoms with Crippen molar-refractivity contribution in [3.8, 4) is 0 Å². The number of ether oxygens (including phenoxy) is 2. The van der Waals surface area contributed by atoms with Crippen LogP contribution >= 0.6 is 0 Å². The molecule has 1 aliphatic rings. The molecule has 3 rings (SSSR count). The quantitative estimate of drug-likeness (QED) is 0.407. The van der Waals surface area contributed by atoms with Crippen molar-refractivity contribution in [2.45, 2.75) is 64.1 Å². The van der Waals surface area contributed by atoms with Crippen molar-refractivity contribution in [2.24, 2.45) is 0 Å². The van der Waals surface area contributed by atoms with E-state index in [2.05, 4.69) is 0 Å². The van der Waals surface area contributed by atoms with Crippen molar-refractivity contribution in [2.75, 3.05) is 20.3 Å². The molecule has 1 saturated heterocycles. The average molecular weight is 477 g/mol. The molecule has 2 unspecified atom stereocenters. The summed E-state index contributed by atoms with van der Waals surface area (Å²) in [6, 6.07) is 7.11. The maximum absolute atomic E-state index is 13.8. The number of benzene rings is 1. The topological polar surface area (TPSA) is 94.9 Å². The Hall–Kier alpha value is -2.49. The van der Waals surface area contributed by atoms with E-state index in [-0.39, 0.29) is 23.3 Å². The van der Waals surface area contributed by atoms with Crippen LogP contribution in [0.4, 0.5) is 0 Å². The first-order chi connectivity index (χ1) is 15.6. The fourth-order valence-electron chi connectivity index (χ4n) is 4.53. The van der Waals surface area contributed by atoms with Gasteiger partial charge in [0.2, 0.25) is 10.0 Å². The van der Waals surface area contributed by atoms with E-state index in [1.54, 1.807) is 43.5 Å². The lowest BCUT2D eigenvalue weighted by Gasteiger charge is -2.29. The van der Waals surface area contributed by atoms with Crippen LogP contribution in [-0.2, 0) is 26.0 Å². The van der Waals surface area contributed by atoms with Crippen molar-refractivity contribution in [1.82, 2.24) is 8.87 Å². The number of carbonyl (C=O) groups is 2. The first-order valence-corrected chi connectivity index (χ1v) is 12.6. The van der Waals surface area contributed by atoms with Gasteiger partial charge in [-0.15, -0.1) is 0 Å². The predicted octanol–water partition coefficient (Wildman–Crippen LogP) is 3.35. The van der Waals surface area contributed by atoms with Crippen molar-refractivity contribution in [1.29, 1.82) is 0 Å². The minimum atomic E-state index is -3.96. The Bertz CT molecular complexity index is 1120. The lowest BCUT2D eigenvalue weighted by atomic mass is 10.0. The largest absolute Gasteiger partial charge is 0.464 e. The van der Waals surface area contributed by atoms with Gasteiger partial charge in [0.15, 0.2) is 5.78 Å². The molecule has 9 heteroatoms. The van der Waals surface area contributed by atoms with Gasteiger partial charge in [0, 0.05) is 31.0 Å². The number of hydrogen-bond donors (Lipinski definition) is 0. The molecule has 0 bridgehead atoms. The van der Waals surface area contributed by atoms with E-state index in [9.17, 15) is 18.0 Å². The summed E-state index contributed by atoms with van der Waals surface area (Å²) in [4.78, 5) is 26.3. The highest BCUT2D eigenvalue weighted by molar-refractivity contribution is 7.89. The number of sulfonamides is 1. The van der Waals surface area contributed by atoms with E-state index in [0.29, 0.717) is 35.7 Å². The number of hydrogen-bond acceptors (Lipinski definition) is 6. The predicted molar refractivity (Wildman–Crippen MR) is 124 cm³/mol. The summed E-state index contributed by atoms with van der Waals surface area (Å²) < 4.78 is 40.8. The molecule has 0 N–H and O–H groups in total. The summed E-state index contributed by atoms with van der Waals surface area (Å²) in [5.74, 6) is -0.892. The zero-order valence-electron chi connectivity index (χ0n) is 19.8. The van der Waals surface area contributed by atoms with Gasteiger partial charge in [-0.05, 0) is 58.2 Å². The maximum Gasteiger partial charge on any atom is 0.354 e. The Balaban J connectivity index is 2.06. The molecule has 8 nitrogen and oxygen atoms in total. The normalized spacial score (nSPS) is 17.3. The third-order valence-electron chi connectivity index (χ3n) is 6.28. The first-order valence-electron chi connectivity index (χ1n) is 11.2. The highest BCUT2D eigenvalue weighted by atomic mass is 32.2. The summed E-state index contributed by atoms with van der Waals surface area (Å²) >= 11 is 0. The number of Topliss-reactive ketones (excluding diaryl/α,β-unsaturated/α-hetero) is 1. The Morgan fingerprint density at radius 3 is 2.45 bits per heavy atom. The first kappa shape index (κ1) is 25.1. The van der Waals surface area contributed by atoms with Gasteiger partial charge in [-0.1, -0.05) is 18.2 Å². The summed E-state index contributed by atoms with van der Waals surface area (Å²) in [6.07, 6.45) is 1.32. The summed E-state index contributed by atoms with van der Waals surface area (Å²) in [5, 5.41) is 0. The highest BCUT2D eigenvalue weighted by Gasteiger charge is 2.38. The third kappa shape index (κ3) is 4.76. The number of esters is 1. The maximum atomic E-state index is 13.8. The van der Waals surface area contributed by atoms with Crippen molar-refractivity contribution >= 4 is 21.8 Å². The SMILES string of the molecule is CCn1c(C)c(C(=O)C(C)N(CC2CCCO2)S(=O)(=O)c2ccccc2)c(C)c1C(=O)OC. The zero-order chi connectivity index (χ0) is 24.3. The Morgan fingerprint density at radius 2 is 1.91 bits per heavy atom. The molecule has 1 aliphatic heterocycles. The second kappa shape index (κ2) is 10.2. The molecule has 1 fully saturated rings. The molecular weight excluding hydrogens is 444 g/mol. The molecule has 0 saturated carbocycles. The molecule has 2 atom stereocenters. The van der Waals surface area contributed by atoms with E-state index >= 15 is 0 Å². The number of nitrogens with zero attached hydrogens (tertiary/aromatic N) is 2. The van der Waals surface area contributed by atoms with Crippen molar-refractivity contribution < 1.29 is 27.5 Å². The van der Waals surface area contributed by atoms with Gasteiger partial charge >= 0.3 is 5.97 Å². The molecule has 0 aliphatic carbocycles. The molecule has 1 aromatic carbocycles. The molecule has 0 radical (unpaired) electrons. The van der Waals surface area contributed by atoms with Gasteiger partial charge in [0.1, 0.15) is 5.69 Å². The van der Waals surface area contributed by atoms with Crippen LogP contribution in [0.1, 0.15) is 58.8 Å². The van der Waals surface area contributed by atoms with E-state index in [1.165, 1.54) is 23.5 Å². The number of aromatic nitrogens is 1. The molecule has 0 amide bonds. The van der Waals surface area contributed by atoms with E-state index in [4.69, 9.17) is 9.47 Å². The fourth-order valence-corrected chi connectivity index (χ4v) is 6.18. The van der Waals surface area contributed by atoms with Crippen LogP contribution in [0, 0.1) is 13.8 Å². The molecule has 0 spiro atoms. The van der Waals surface area contributed by atoms with Gasteiger partial charge in [-0.3, -0.25) is 4.79 Å². The number of carbonyl (C=O) groups excluding carboxylic acids is 2. The minimum absolute atomic E-state index is 0.0839. The molecule has 1 aromatic heterocycles. The van der Waals surface area contributed by atoms with Crippen molar-refractivity contribution in [3.63, 3.8) is 0 Å². The van der Waals surface area contributed by atoms with E-state index < -0.39 is 22.0 Å². The van der Waals surface area contributed by atoms with Crippen molar-refractivity contribution in [3.05, 3.63) is 52.8 Å². The number of ketones is 1. The van der Waals surface area contributed by atoms with Crippen LogP contribution < -0.4 is 0 Å². The van der Waals surface area contributed by atoms with Gasteiger partial charge in [0.25, 0.3) is 0 Å². The number of rotatable bonds is 9. The highest BCUT2D eigenvalue weighted by Crippen LogP contribution is 2.28. The second-order valence-electron chi connectivity index (χ2n) is 8.23. The van der Waals surface area contributed by atoms with Crippen LogP contribution in [0.5, 0.6) is 0 Å². The lowest BCUT2D eigenvalue weighted by Crippen LogP contribution is -2.47. The van der Waals surface area contributed by atoms with Gasteiger partial charge in [0.05, 0.1) is 24.2 Å². The minimum Gasteiger partial charge on any atom is -0.464 e. The van der Waals surface area contributed by atoms with E-state index in [1.807, 2.05) is 6.92 Å². The molecule has 2 heterocycles. The fraction of sp³-hybridized carbons (Fsp3) is 0.500. The smallest absolute Gasteiger partial charge is 0.354 e. The monoisotopic (exact) mass is 476 g/mol. The van der Waals surface area contributed by atoms with Gasteiger partial charge in [-0.2, -0.15) is 4.31 Å². The van der Waals surface area contributed by atoms with Crippen LogP contribution in [0.2, 0.25) is 0 Å². The zero-order valence-corrected chi connectivity index (χ0v) is 20.6. The third-order valence-corrected chi connectivity index (χ3v) is 8.23. The Morgan fingerprint density at radius 1 is 1.24 bits per heavy atom. The average Bonchev–Trinajstić information content (AvgIpc) is 3.41. The molecular formula is C24H32N2O6S. The van der Waals surface area contributed by atoms with E-state index in [0.717, 1.165) is 12.8 Å². The molecule has 180 valence electrons. The summed E-state index contributed by atoms with van der Waals surface area (Å²) in [5.41, 5.74) is 1.77. The van der Waals surface area contributed by atoms with Crippen LogP contribution in [0.15, 0.2) is 35.2 Å². The van der Waals surface area contributed by atoms with Crippen LogP contribution in [0.25, 0.3) is 0 Å². The van der Waals surface area contributed by atoms with Gasteiger partial charge < -0.3 is 14.0 Å². The molecule has 2 aromatic rings.